The number of halogens is 3. The van der Waals surface area contributed by atoms with Crippen molar-refractivity contribution in [2.75, 3.05) is 13.1 Å². The minimum absolute atomic E-state index is 0.128. The number of ether oxygens (including phenoxy) is 1. The van der Waals surface area contributed by atoms with Crippen molar-refractivity contribution in [2.24, 2.45) is 0 Å². The van der Waals surface area contributed by atoms with E-state index in [4.69, 9.17) is 4.74 Å². The molecular weight excluding hydrogens is 235 g/mol. The number of hydrogen-bond acceptors (Lipinski definition) is 2. The van der Waals surface area contributed by atoms with Gasteiger partial charge in [-0.1, -0.05) is 0 Å². The van der Waals surface area contributed by atoms with Crippen LogP contribution < -0.4 is 4.74 Å². The zero-order valence-electron chi connectivity index (χ0n) is 8.78. The van der Waals surface area contributed by atoms with Crippen LogP contribution in [-0.2, 0) is 11.0 Å². The van der Waals surface area contributed by atoms with Gasteiger partial charge >= 0.3 is 6.18 Å². The molecule has 0 N–H and O–H groups in total. The van der Waals surface area contributed by atoms with Crippen LogP contribution in [0, 0.1) is 0 Å². The summed E-state index contributed by atoms with van der Waals surface area (Å²) in [7, 11) is 0. The lowest BCUT2D eigenvalue weighted by molar-refractivity contribution is -0.137. The minimum atomic E-state index is -4.33. The van der Waals surface area contributed by atoms with Crippen LogP contribution in [0.3, 0.4) is 0 Å². The maximum Gasteiger partial charge on any atom is 0.416 e. The van der Waals surface area contributed by atoms with E-state index in [2.05, 4.69) is 0 Å². The van der Waals surface area contributed by atoms with Crippen molar-refractivity contribution in [3.8, 4) is 5.75 Å². The van der Waals surface area contributed by atoms with Crippen molar-refractivity contribution in [1.29, 1.82) is 0 Å². The van der Waals surface area contributed by atoms with Gasteiger partial charge in [0.25, 0.3) is 0 Å². The Morgan fingerprint density at radius 3 is 2.29 bits per heavy atom. The molecular formula is C11H10F3NO2. The Balaban J connectivity index is 1.93. The molecule has 0 saturated carbocycles. The highest BCUT2D eigenvalue weighted by atomic mass is 19.4. The van der Waals surface area contributed by atoms with Crippen molar-refractivity contribution in [1.82, 2.24) is 4.90 Å². The fourth-order valence-electron chi connectivity index (χ4n) is 1.55. The van der Waals surface area contributed by atoms with Gasteiger partial charge in [-0.3, -0.25) is 4.79 Å². The third kappa shape index (κ3) is 2.69. The smallest absolute Gasteiger partial charge is 0.416 e. The van der Waals surface area contributed by atoms with Gasteiger partial charge in [0, 0.05) is 0 Å². The number of rotatable bonds is 3. The van der Waals surface area contributed by atoms with Gasteiger partial charge < -0.3 is 9.64 Å². The Morgan fingerprint density at radius 1 is 1.24 bits per heavy atom. The second-order valence-corrected chi connectivity index (χ2v) is 3.82. The standard InChI is InChI=1S/C11H10F3NO2/c12-11(13,14)8-1-3-9(4-2-8)17-10-5-15(6-10)7-16/h1-4,7,10H,5-6H2. The first-order valence-electron chi connectivity index (χ1n) is 5.02. The number of carbonyl (C=O) groups is 1. The average molecular weight is 245 g/mol. The Kier molecular flexibility index (Phi) is 2.95. The molecule has 1 aromatic carbocycles. The lowest BCUT2D eigenvalue weighted by Crippen LogP contribution is -2.52. The van der Waals surface area contributed by atoms with Gasteiger partial charge in [0.2, 0.25) is 6.41 Å². The van der Waals surface area contributed by atoms with Crippen LogP contribution in [0.25, 0.3) is 0 Å². The Bertz CT molecular complexity index is 396. The number of likely N-dealkylation sites (tertiary alicyclic amines) is 1. The summed E-state index contributed by atoms with van der Waals surface area (Å²) in [4.78, 5) is 11.8. The molecule has 2 rings (SSSR count). The normalized spacial score (nSPS) is 16.5. The SMILES string of the molecule is O=CN1CC(Oc2ccc(C(F)(F)F)cc2)C1. The second kappa shape index (κ2) is 4.27. The number of hydrogen-bond donors (Lipinski definition) is 0. The number of benzene rings is 1. The lowest BCUT2D eigenvalue weighted by atomic mass is 10.2. The lowest BCUT2D eigenvalue weighted by Gasteiger charge is -2.36. The maximum atomic E-state index is 12.3. The van der Waals surface area contributed by atoms with E-state index in [9.17, 15) is 18.0 Å². The topological polar surface area (TPSA) is 29.5 Å². The van der Waals surface area contributed by atoms with E-state index in [1.54, 1.807) is 0 Å². The molecule has 1 aliphatic heterocycles. The molecule has 0 bridgehead atoms. The molecule has 17 heavy (non-hydrogen) atoms. The highest BCUT2D eigenvalue weighted by molar-refractivity contribution is 5.49. The van der Waals surface area contributed by atoms with Crippen LogP contribution >= 0.6 is 0 Å². The summed E-state index contributed by atoms with van der Waals surface area (Å²) >= 11 is 0. The minimum Gasteiger partial charge on any atom is -0.487 e. The first-order chi connectivity index (χ1) is 7.99. The summed E-state index contributed by atoms with van der Waals surface area (Å²) in [6.07, 6.45) is -3.74. The van der Waals surface area contributed by atoms with Gasteiger partial charge in [0.1, 0.15) is 11.9 Å². The summed E-state index contributed by atoms with van der Waals surface area (Å²) in [6.45, 7) is 0.953. The van der Waals surface area contributed by atoms with Gasteiger partial charge in [-0.2, -0.15) is 13.2 Å². The van der Waals surface area contributed by atoms with Crippen molar-refractivity contribution >= 4 is 6.41 Å². The number of carbonyl (C=O) groups excluding carboxylic acids is 1. The van der Waals surface area contributed by atoms with Crippen molar-refractivity contribution in [3.05, 3.63) is 29.8 Å². The molecule has 0 spiro atoms. The molecule has 1 fully saturated rings. The largest absolute Gasteiger partial charge is 0.487 e. The van der Waals surface area contributed by atoms with E-state index in [-0.39, 0.29) is 6.10 Å². The second-order valence-electron chi connectivity index (χ2n) is 3.82. The zero-order chi connectivity index (χ0) is 12.5. The van der Waals surface area contributed by atoms with Gasteiger partial charge in [-0.25, -0.2) is 0 Å². The predicted molar refractivity (Wildman–Crippen MR) is 53.5 cm³/mol. The first-order valence-corrected chi connectivity index (χ1v) is 5.02. The molecule has 1 heterocycles. The fourth-order valence-corrected chi connectivity index (χ4v) is 1.55. The van der Waals surface area contributed by atoms with Crippen molar-refractivity contribution < 1.29 is 22.7 Å². The van der Waals surface area contributed by atoms with E-state index in [1.807, 2.05) is 0 Å². The summed E-state index contributed by atoms with van der Waals surface area (Å²) in [5.74, 6) is 0.383. The van der Waals surface area contributed by atoms with Crippen LogP contribution in [0.5, 0.6) is 5.75 Å². The average Bonchev–Trinajstić information content (AvgIpc) is 2.22. The molecule has 1 aliphatic rings. The molecule has 0 aromatic heterocycles. The van der Waals surface area contributed by atoms with Crippen LogP contribution in [-0.4, -0.2) is 30.5 Å². The van der Waals surface area contributed by atoms with Crippen molar-refractivity contribution in [2.45, 2.75) is 12.3 Å². The molecule has 92 valence electrons. The van der Waals surface area contributed by atoms with Crippen molar-refractivity contribution in [3.63, 3.8) is 0 Å². The molecule has 0 unspecified atom stereocenters. The van der Waals surface area contributed by atoms with E-state index in [0.29, 0.717) is 25.2 Å². The van der Waals surface area contributed by atoms with E-state index in [0.717, 1.165) is 12.1 Å². The quantitative estimate of drug-likeness (QED) is 0.761. The Morgan fingerprint density at radius 2 is 1.82 bits per heavy atom. The summed E-state index contributed by atoms with van der Waals surface area (Å²) < 4.78 is 42.2. The van der Waals surface area contributed by atoms with E-state index in [1.165, 1.54) is 17.0 Å². The summed E-state index contributed by atoms with van der Waals surface area (Å²) in [6, 6.07) is 4.52. The zero-order valence-corrected chi connectivity index (χ0v) is 8.78. The highest BCUT2D eigenvalue weighted by Crippen LogP contribution is 2.30. The van der Waals surface area contributed by atoms with Crippen LogP contribution in [0.1, 0.15) is 5.56 Å². The number of alkyl halides is 3. The van der Waals surface area contributed by atoms with Gasteiger partial charge in [0.15, 0.2) is 0 Å². The summed E-state index contributed by atoms with van der Waals surface area (Å²) in [5.41, 5.74) is -0.701. The van der Waals surface area contributed by atoms with E-state index >= 15 is 0 Å². The molecule has 1 amide bonds. The molecule has 1 saturated heterocycles. The molecule has 1 aromatic rings. The Labute approximate surface area is 95.8 Å². The first kappa shape index (κ1) is 11.8. The third-order valence-corrected chi connectivity index (χ3v) is 2.51. The predicted octanol–water partition coefficient (Wildman–Crippen LogP) is 1.92. The monoisotopic (exact) mass is 245 g/mol. The number of amides is 1. The maximum absolute atomic E-state index is 12.3. The molecule has 0 radical (unpaired) electrons. The van der Waals surface area contributed by atoms with Gasteiger partial charge in [-0.05, 0) is 24.3 Å². The van der Waals surface area contributed by atoms with Crippen LogP contribution in [0.2, 0.25) is 0 Å². The molecule has 3 nitrogen and oxygen atoms in total. The van der Waals surface area contributed by atoms with Crippen LogP contribution in [0.4, 0.5) is 13.2 Å². The van der Waals surface area contributed by atoms with Gasteiger partial charge in [-0.15, -0.1) is 0 Å². The number of nitrogens with zero attached hydrogens (tertiary/aromatic N) is 1. The molecule has 6 heteroatoms. The van der Waals surface area contributed by atoms with Gasteiger partial charge in [0.05, 0.1) is 18.7 Å². The third-order valence-electron chi connectivity index (χ3n) is 2.51. The van der Waals surface area contributed by atoms with Crippen LogP contribution in [0.15, 0.2) is 24.3 Å². The highest BCUT2D eigenvalue weighted by Gasteiger charge is 2.31. The van der Waals surface area contributed by atoms with E-state index < -0.39 is 11.7 Å². The summed E-state index contributed by atoms with van der Waals surface area (Å²) in [5, 5.41) is 0. The Hall–Kier alpha value is -1.72. The fraction of sp³-hybridized carbons (Fsp3) is 0.364. The molecule has 0 atom stereocenters. The molecule has 0 aliphatic carbocycles.